The molecule has 0 bridgehead atoms. The van der Waals surface area contributed by atoms with Crippen molar-refractivity contribution in [3.63, 3.8) is 0 Å². The summed E-state index contributed by atoms with van der Waals surface area (Å²) in [6, 6.07) is 7.24. The van der Waals surface area contributed by atoms with Crippen molar-refractivity contribution in [3.8, 4) is 17.2 Å². The fourth-order valence-corrected chi connectivity index (χ4v) is 4.43. The molecule has 1 aliphatic carbocycles. The van der Waals surface area contributed by atoms with Gasteiger partial charge in [-0.2, -0.15) is 0 Å². The van der Waals surface area contributed by atoms with Crippen molar-refractivity contribution < 1.29 is 18.7 Å². The van der Waals surface area contributed by atoms with Crippen LogP contribution in [0.2, 0.25) is 0 Å². The molecule has 5 rings (SSSR count). The molecule has 3 atom stereocenters. The van der Waals surface area contributed by atoms with Crippen molar-refractivity contribution in [2.75, 3.05) is 20.2 Å². The number of benzene rings is 1. The second-order valence-electron chi connectivity index (χ2n) is 9.01. The van der Waals surface area contributed by atoms with Crippen molar-refractivity contribution >= 4 is 11.8 Å². The molecule has 164 valence electrons. The summed E-state index contributed by atoms with van der Waals surface area (Å²) in [5, 5.41) is 14.5. The number of carbonyl (C=O) groups is 2. The molecule has 0 spiro atoms. The van der Waals surface area contributed by atoms with E-state index in [1.165, 1.54) is 0 Å². The summed E-state index contributed by atoms with van der Waals surface area (Å²) in [6.45, 7) is 3.17. The van der Waals surface area contributed by atoms with E-state index in [2.05, 4.69) is 25.7 Å². The Morgan fingerprint density at radius 1 is 1.32 bits per heavy atom. The molecule has 0 unspecified atom stereocenters. The maximum Gasteiger partial charge on any atom is 0.247 e. The Labute approximate surface area is 180 Å². The number of methoxy groups -OCH3 is 1. The van der Waals surface area contributed by atoms with Gasteiger partial charge in [0, 0.05) is 42.6 Å². The van der Waals surface area contributed by atoms with E-state index in [1.54, 1.807) is 7.11 Å². The number of hydrogen-bond acceptors (Lipinski definition) is 7. The number of amides is 2. The fourth-order valence-electron chi connectivity index (χ4n) is 4.43. The van der Waals surface area contributed by atoms with E-state index in [-0.39, 0.29) is 35.4 Å². The zero-order valence-electron chi connectivity index (χ0n) is 17.8. The lowest BCUT2D eigenvalue weighted by molar-refractivity contribution is -0.129. The van der Waals surface area contributed by atoms with Gasteiger partial charge in [0.05, 0.1) is 13.2 Å². The van der Waals surface area contributed by atoms with Crippen molar-refractivity contribution in [3.05, 3.63) is 30.2 Å². The minimum atomic E-state index is -0.236. The Hall–Kier alpha value is -2.94. The second-order valence-corrected chi connectivity index (χ2v) is 9.01. The maximum absolute atomic E-state index is 12.4. The Bertz CT molecular complexity index is 984. The smallest absolute Gasteiger partial charge is 0.247 e. The van der Waals surface area contributed by atoms with Crippen molar-refractivity contribution in [2.24, 2.45) is 5.41 Å². The highest BCUT2D eigenvalue weighted by atomic mass is 16.5. The number of fused-ring (bicyclic) bond motifs is 1. The van der Waals surface area contributed by atoms with Crippen LogP contribution >= 0.6 is 0 Å². The SMILES string of the molecule is COc1ccc(-c2nnc(C[C@@H]3CNC(=O)[C@@H]4C[C@H](NC(=O)C5(C)CC5)CN34)o2)cc1. The van der Waals surface area contributed by atoms with Crippen LogP contribution in [0.3, 0.4) is 0 Å². The van der Waals surface area contributed by atoms with Gasteiger partial charge < -0.3 is 19.8 Å². The van der Waals surface area contributed by atoms with Crippen LogP contribution in [-0.4, -0.2) is 65.2 Å². The number of hydrogen-bond donors (Lipinski definition) is 2. The first-order valence-corrected chi connectivity index (χ1v) is 10.8. The molecule has 9 heteroatoms. The topological polar surface area (TPSA) is 110 Å². The van der Waals surface area contributed by atoms with Crippen LogP contribution in [0.25, 0.3) is 11.5 Å². The molecule has 0 radical (unpaired) electrons. The monoisotopic (exact) mass is 425 g/mol. The Morgan fingerprint density at radius 2 is 2.10 bits per heavy atom. The van der Waals surface area contributed by atoms with Crippen LogP contribution in [0.1, 0.15) is 32.1 Å². The average molecular weight is 425 g/mol. The quantitative estimate of drug-likeness (QED) is 0.714. The molecule has 2 amide bonds. The highest BCUT2D eigenvalue weighted by molar-refractivity contribution is 5.86. The van der Waals surface area contributed by atoms with Gasteiger partial charge in [0.2, 0.25) is 23.6 Å². The van der Waals surface area contributed by atoms with E-state index < -0.39 is 0 Å². The molecule has 9 nitrogen and oxygen atoms in total. The van der Waals surface area contributed by atoms with Crippen molar-refractivity contribution in [1.29, 1.82) is 0 Å². The Balaban J connectivity index is 1.25. The standard InChI is InChI=1S/C22H27N5O4/c1-22(7-8-22)21(29)24-14-9-17-19(28)23-11-15(27(17)12-14)10-18-25-26-20(31-18)13-3-5-16(30-2)6-4-13/h3-6,14-15,17H,7-12H2,1-2H3,(H,23,28)(H,24,29)/t14-,15+,17-/m0/s1. The van der Waals surface area contributed by atoms with E-state index in [0.29, 0.717) is 37.7 Å². The van der Waals surface area contributed by atoms with Gasteiger partial charge in [-0.1, -0.05) is 6.92 Å². The van der Waals surface area contributed by atoms with Crippen molar-refractivity contribution in [2.45, 2.75) is 50.7 Å². The second kappa shape index (κ2) is 7.64. The highest BCUT2D eigenvalue weighted by Crippen LogP contribution is 2.45. The summed E-state index contributed by atoms with van der Waals surface area (Å²) in [5.41, 5.74) is 0.610. The van der Waals surface area contributed by atoms with Gasteiger partial charge in [-0.15, -0.1) is 10.2 Å². The molecule has 2 aromatic rings. The lowest BCUT2D eigenvalue weighted by atomic mass is 10.0. The number of piperazine rings is 1. The molecule has 2 N–H and O–H groups in total. The first kappa shape index (κ1) is 20.0. The average Bonchev–Trinajstić information content (AvgIpc) is 3.17. The van der Waals surface area contributed by atoms with E-state index in [1.807, 2.05) is 31.2 Å². The predicted octanol–water partition coefficient (Wildman–Crippen LogP) is 1.15. The van der Waals surface area contributed by atoms with E-state index >= 15 is 0 Å². The van der Waals surface area contributed by atoms with Gasteiger partial charge in [0.25, 0.3) is 0 Å². The van der Waals surface area contributed by atoms with Crippen LogP contribution in [0, 0.1) is 5.41 Å². The maximum atomic E-state index is 12.4. The zero-order chi connectivity index (χ0) is 21.6. The highest BCUT2D eigenvalue weighted by Gasteiger charge is 2.48. The molecule has 31 heavy (non-hydrogen) atoms. The number of aromatic nitrogens is 2. The first-order chi connectivity index (χ1) is 14.9. The summed E-state index contributed by atoms with van der Waals surface area (Å²) in [7, 11) is 1.62. The third kappa shape index (κ3) is 3.89. The summed E-state index contributed by atoms with van der Waals surface area (Å²) < 4.78 is 11.1. The number of nitrogens with one attached hydrogen (secondary N) is 2. The fraction of sp³-hybridized carbons (Fsp3) is 0.545. The van der Waals surface area contributed by atoms with Crippen molar-refractivity contribution in [1.82, 2.24) is 25.7 Å². The van der Waals surface area contributed by atoms with Crippen LogP contribution < -0.4 is 15.4 Å². The van der Waals surface area contributed by atoms with Crippen LogP contribution in [0.15, 0.2) is 28.7 Å². The number of carbonyl (C=O) groups excluding carboxylic acids is 2. The number of nitrogens with zero attached hydrogens (tertiary/aromatic N) is 3. The molecular weight excluding hydrogens is 398 g/mol. The Morgan fingerprint density at radius 3 is 2.81 bits per heavy atom. The summed E-state index contributed by atoms with van der Waals surface area (Å²) in [5.74, 6) is 1.88. The van der Waals surface area contributed by atoms with Gasteiger partial charge in [-0.05, 0) is 43.5 Å². The van der Waals surface area contributed by atoms with E-state index in [0.717, 1.165) is 24.2 Å². The molecule has 2 aliphatic heterocycles. The largest absolute Gasteiger partial charge is 0.497 e. The molecule has 3 fully saturated rings. The van der Waals surface area contributed by atoms with Gasteiger partial charge >= 0.3 is 0 Å². The van der Waals surface area contributed by atoms with Gasteiger partial charge in [0.15, 0.2) is 0 Å². The molecule has 1 aromatic carbocycles. The lowest BCUT2D eigenvalue weighted by Gasteiger charge is -2.36. The number of rotatable bonds is 6. The van der Waals surface area contributed by atoms with Crippen LogP contribution in [-0.2, 0) is 16.0 Å². The molecule has 2 saturated heterocycles. The first-order valence-electron chi connectivity index (χ1n) is 10.8. The lowest BCUT2D eigenvalue weighted by Crippen LogP contribution is -2.58. The molecule has 1 saturated carbocycles. The minimum absolute atomic E-state index is 0.0150. The molecular formula is C22H27N5O4. The third-order valence-corrected chi connectivity index (χ3v) is 6.72. The molecule has 3 aliphatic rings. The van der Waals surface area contributed by atoms with Gasteiger partial charge in [-0.3, -0.25) is 14.5 Å². The normalized spacial score (nSPS) is 26.8. The summed E-state index contributed by atoms with van der Waals surface area (Å²) in [6.07, 6.45) is 3.05. The van der Waals surface area contributed by atoms with Gasteiger partial charge in [0.1, 0.15) is 5.75 Å². The predicted molar refractivity (Wildman–Crippen MR) is 111 cm³/mol. The minimum Gasteiger partial charge on any atom is -0.497 e. The van der Waals surface area contributed by atoms with E-state index in [4.69, 9.17) is 9.15 Å². The Kier molecular flexibility index (Phi) is 4.92. The van der Waals surface area contributed by atoms with E-state index in [9.17, 15) is 9.59 Å². The molecule has 3 heterocycles. The summed E-state index contributed by atoms with van der Waals surface area (Å²) >= 11 is 0. The summed E-state index contributed by atoms with van der Waals surface area (Å²) in [4.78, 5) is 27.1. The molecule has 1 aromatic heterocycles. The van der Waals surface area contributed by atoms with Gasteiger partial charge in [-0.25, -0.2) is 0 Å². The van der Waals surface area contributed by atoms with Crippen LogP contribution in [0.4, 0.5) is 0 Å². The number of ether oxygens (including phenoxy) is 1. The third-order valence-electron chi connectivity index (χ3n) is 6.72. The van der Waals surface area contributed by atoms with Crippen LogP contribution in [0.5, 0.6) is 5.75 Å². The zero-order valence-corrected chi connectivity index (χ0v) is 17.8.